The Labute approximate surface area is 200 Å². The average Bonchev–Trinajstić information content (AvgIpc) is 3.11. The fourth-order valence-electron chi connectivity index (χ4n) is 4.61. The highest BCUT2D eigenvalue weighted by Gasteiger charge is 2.39. The van der Waals surface area contributed by atoms with Gasteiger partial charge in [0.25, 0.3) is 5.92 Å². The quantitative estimate of drug-likeness (QED) is 0.569. The number of hydrogen-bond donors (Lipinski definition) is 2. The number of carboxylic acid groups (broad SMARTS) is 1. The van der Waals surface area contributed by atoms with Gasteiger partial charge in [-0.05, 0) is 37.5 Å². The van der Waals surface area contributed by atoms with Crippen molar-refractivity contribution in [3.8, 4) is 0 Å². The van der Waals surface area contributed by atoms with Crippen LogP contribution in [0.2, 0.25) is 5.02 Å². The summed E-state index contributed by atoms with van der Waals surface area (Å²) in [7, 11) is 0. The van der Waals surface area contributed by atoms with Gasteiger partial charge in [0, 0.05) is 60.5 Å². The van der Waals surface area contributed by atoms with Crippen LogP contribution in [0.5, 0.6) is 0 Å². The number of esters is 1. The summed E-state index contributed by atoms with van der Waals surface area (Å²) in [6.45, 7) is 3.84. The van der Waals surface area contributed by atoms with Crippen LogP contribution >= 0.6 is 11.6 Å². The molecule has 1 aliphatic heterocycles. The molecule has 1 aliphatic carbocycles. The molecular weight excluding hydrogens is 470 g/mol. The van der Waals surface area contributed by atoms with Crippen LogP contribution in [0.15, 0.2) is 18.2 Å². The van der Waals surface area contributed by atoms with Crippen LogP contribution in [0.1, 0.15) is 40.2 Å². The van der Waals surface area contributed by atoms with Crippen molar-refractivity contribution < 1.29 is 28.2 Å². The number of carbonyl (C=O) groups excluding carboxylic acids is 1. The molecule has 1 aromatic heterocycles. The van der Waals surface area contributed by atoms with Gasteiger partial charge in [0.1, 0.15) is 6.54 Å². The Morgan fingerprint density at radius 3 is 2.94 bits per heavy atom. The van der Waals surface area contributed by atoms with Gasteiger partial charge in [-0.15, -0.1) is 0 Å². The number of carboxylic acids is 1. The van der Waals surface area contributed by atoms with Crippen molar-refractivity contribution in [2.45, 2.75) is 51.1 Å². The summed E-state index contributed by atoms with van der Waals surface area (Å²) in [6.07, 6.45) is -0.572. The van der Waals surface area contributed by atoms with Crippen molar-refractivity contribution in [1.82, 2.24) is 15.1 Å². The Morgan fingerprint density at radius 1 is 1.38 bits per heavy atom. The summed E-state index contributed by atoms with van der Waals surface area (Å²) in [5, 5.41) is 17.2. The van der Waals surface area contributed by atoms with Crippen LogP contribution in [0.25, 0.3) is 0 Å². The summed E-state index contributed by atoms with van der Waals surface area (Å²) in [6, 6.07) is 5.85. The number of alkyl halides is 2. The highest BCUT2D eigenvalue weighted by Crippen LogP contribution is 2.35. The number of nitrogens with zero attached hydrogens (tertiary/aromatic N) is 3. The van der Waals surface area contributed by atoms with Crippen LogP contribution in [0, 0.1) is 6.92 Å². The molecule has 0 amide bonds. The van der Waals surface area contributed by atoms with Crippen LogP contribution in [-0.2, 0) is 28.9 Å². The first kappa shape index (κ1) is 24.4. The number of aromatic nitrogens is 2. The number of piperazine rings is 1. The van der Waals surface area contributed by atoms with Gasteiger partial charge in [0.2, 0.25) is 0 Å². The molecule has 1 unspecified atom stereocenters. The summed E-state index contributed by atoms with van der Waals surface area (Å²) in [5.41, 5.74) is 2.30. The summed E-state index contributed by atoms with van der Waals surface area (Å²) in [5.74, 6) is -4.94. The summed E-state index contributed by atoms with van der Waals surface area (Å²) in [4.78, 5) is 26.1. The van der Waals surface area contributed by atoms with Crippen LogP contribution in [0.4, 0.5) is 14.5 Å². The number of fused-ring (bicyclic) bond motifs is 1. The largest absolute Gasteiger partial charge is 0.480 e. The second-order valence-corrected chi connectivity index (χ2v) is 9.17. The molecule has 0 radical (unpaired) electrons. The standard InChI is InChI=1S/C23H27ClF2N4O4/c1-14-17(24)3-2-4-18(14)29-9-8-27-15(12-29)6-10-34-22(33)21-16-11-23(25,26)7-5-19(16)30(28-21)13-20(31)32/h2-4,15,27H,5-13H2,1H3,(H,31,32). The number of ether oxygens (including phenoxy) is 1. The van der Waals surface area contributed by atoms with Gasteiger partial charge in [-0.1, -0.05) is 17.7 Å². The Hall–Kier alpha value is -2.72. The third-order valence-electron chi connectivity index (χ3n) is 6.34. The minimum Gasteiger partial charge on any atom is -0.480 e. The molecule has 0 bridgehead atoms. The van der Waals surface area contributed by atoms with Crippen molar-refractivity contribution in [3.63, 3.8) is 0 Å². The zero-order valence-electron chi connectivity index (χ0n) is 18.8. The lowest BCUT2D eigenvalue weighted by molar-refractivity contribution is -0.137. The van der Waals surface area contributed by atoms with Gasteiger partial charge in [-0.3, -0.25) is 9.48 Å². The molecule has 8 nitrogen and oxygen atoms in total. The lowest BCUT2D eigenvalue weighted by Crippen LogP contribution is -2.51. The van der Waals surface area contributed by atoms with Crippen LogP contribution in [0.3, 0.4) is 0 Å². The first-order chi connectivity index (χ1) is 16.1. The minimum absolute atomic E-state index is 0.0410. The van der Waals surface area contributed by atoms with E-state index in [0.717, 1.165) is 29.0 Å². The van der Waals surface area contributed by atoms with E-state index in [2.05, 4.69) is 15.3 Å². The number of aliphatic carboxylic acids is 1. The second-order valence-electron chi connectivity index (χ2n) is 8.76. The molecule has 1 fully saturated rings. The SMILES string of the molecule is Cc1c(Cl)cccc1N1CCNC(CCOC(=O)c2nn(CC(=O)O)c3c2CC(F)(F)CC3)C1. The first-order valence-corrected chi connectivity index (χ1v) is 11.6. The number of anilines is 1. The number of hydrogen-bond acceptors (Lipinski definition) is 6. The third kappa shape index (κ3) is 5.33. The zero-order valence-corrected chi connectivity index (χ0v) is 19.6. The van der Waals surface area contributed by atoms with Crippen LogP contribution < -0.4 is 10.2 Å². The lowest BCUT2D eigenvalue weighted by Gasteiger charge is -2.36. The Morgan fingerprint density at radius 2 is 2.18 bits per heavy atom. The number of rotatable bonds is 7. The molecule has 0 spiro atoms. The Bertz CT molecular complexity index is 1090. The van der Waals surface area contributed by atoms with E-state index in [9.17, 15) is 18.4 Å². The molecule has 2 aromatic rings. The molecule has 11 heteroatoms. The molecular formula is C23H27ClF2N4O4. The van der Waals surface area contributed by atoms with Gasteiger partial charge in [-0.2, -0.15) is 5.10 Å². The van der Waals surface area contributed by atoms with E-state index in [1.165, 1.54) is 0 Å². The summed E-state index contributed by atoms with van der Waals surface area (Å²) >= 11 is 6.26. The molecule has 34 heavy (non-hydrogen) atoms. The smallest absolute Gasteiger partial charge is 0.359 e. The maximum atomic E-state index is 14.0. The highest BCUT2D eigenvalue weighted by molar-refractivity contribution is 6.31. The van der Waals surface area contributed by atoms with Gasteiger partial charge in [-0.25, -0.2) is 13.6 Å². The number of benzene rings is 1. The Kier molecular flexibility index (Phi) is 7.09. The van der Waals surface area contributed by atoms with E-state index in [1.807, 2.05) is 25.1 Å². The monoisotopic (exact) mass is 496 g/mol. The van der Waals surface area contributed by atoms with Crippen LogP contribution in [-0.4, -0.2) is 65.0 Å². The molecule has 2 aliphatic rings. The zero-order chi connectivity index (χ0) is 24.5. The second kappa shape index (κ2) is 9.87. The molecule has 184 valence electrons. The maximum absolute atomic E-state index is 14.0. The van der Waals surface area contributed by atoms with Crippen molar-refractivity contribution in [2.24, 2.45) is 0 Å². The third-order valence-corrected chi connectivity index (χ3v) is 6.75. The minimum atomic E-state index is -2.97. The predicted octanol–water partition coefficient (Wildman–Crippen LogP) is 3.08. The van der Waals surface area contributed by atoms with E-state index in [0.29, 0.717) is 23.7 Å². The van der Waals surface area contributed by atoms with Gasteiger partial charge in [0.15, 0.2) is 5.69 Å². The van der Waals surface area contributed by atoms with Gasteiger partial charge < -0.3 is 20.1 Å². The van der Waals surface area contributed by atoms with E-state index in [-0.39, 0.29) is 30.3 Å². The maximum Gasteiger partial charge on any atom is 0.359 e. The van der Waals surface area contributed by atoms with Gasteiger partial charge >= 0.3 is 11.9 Å². The molecule has 1 aromatic carbocycles. The van der Waals surface area contributed by atoms with Gasteiger partial charge in [0.05, 0.1) is 6.61 Å². The highest BCUT2D eigenvalue weighted by atomic mass is 35.5. The van der Waals surface area contributed by atoms with E-state index in [1.54, 1.807) is 0 Å². The molecule has 0 saturated carbocycles. The first-order valence-electron chi connectivity index (χ1n) is 11.2. The number of halogens is 3. The molecule has 2 heterocycles. The topological polar surface area (TPSA) is 96.7 Å². The number of nitrogens with one attached hydrogen (secondary N) is 1. The summed E-state index contributed by atoms with van der Waals surface area (Å²) < 4.78 is 34.5. The lowest BCUT2D eigenvalue weighted by atomic mass is 9.92. The predicted molar refractivity (Wildman–Crippen MR) is 122 cm³/mol. The normalized spacial score (nSPS) is 19.5. The van der Waals surface area contributed by atoms with Crippen molar-refractivity contribution >= 4 is 29.2 Å². The van der Waals surface area contributed by atoms with E-state index >= 15 is 0 Å². The fraction of sp³-hybridized carbons (Fsp3) is 0.522. The molecule has 1 saturated heterocycles. The van der Waals surface area contributed by atoms with E-state index in [4.69, 9.17) is 21.4 Å². The van der Waals surface area contributed by atoms with Crippen molar-refractivity contribution in [3.05, 3.63) is 45.7 Å². The fourth-order valence-corrected chi connectivity index (χ4v) is 4.78. The Balaban J connectivity index is 1.39. The van der Waals surface area contributed by atoms with Crippen molar-refractivity contribution in [1.29, 1.82) is 0 Å². The molecule has 4 rings (SSSR count). The molecule has 2 N–H and O–H groups in total. The van der Waals surface area contributed by atoms with Crippen molar-refractivity contribution in [2.75, 3.05) is 31.1 Å². The average molecular weight is 497 g/mol. The number of carbonyl (C=O) groups is 2. The van der Waals surface area contributed by atoms with E-state index < -0.39 is 37.2 Å². The molecule has 1 atom stereocenters.